The van der Waals surface area contributed by atoms with Crippen LogP contribution in [0, 0.1) is 6.92 Å². The van der Waals surface area contributed by atoms with Crippen LogP contribution >= 0.6 is 0 Å². The van der Waals surface area contributed by atoms with Crippen molar-refractivity contribution in [2.75, 3.05) is 31.2 Å². The van der Waals surface area contributed by atoms with Crippen LogP contribution in [0.15, 0.2) is 47.0 Å². The summed E-state index contributed by atoms with van der Waals surface area (Å²) >= 11 is 0. The normalized spacial score (nSPS) is 14.7. The smallest absolute Gasteiger partial charge is 0.142 e. The first-order valence-electron chi connectivity index (χ1n) is 10.9. The van der Waals surface area contributed by atoms with E-state index in [1.165, 1.54) is 0 Å². The second-order valence-electron chi connectivity index (χ2n) is 8.15. The summed E-state index contributed by atoms with van der Waals surface area (Å²) in [5.74, 6) is 3.00. The van der Waals surface area contributed by atoms with Gasteiger partial charge in [-0.2, -0.15) is 5.10 Å². The second-order valence-corrected chi connectivity index (χ2v) is 8.15. The fourth-order valence-electron chi connectivity index (χ4n) is 4.39. The summed E-state index contributed by atoms with van der Waals surface area (Å²) < 4.78 is 13.5. The van der Waals surface area contributed by atoms with E-state index in [0.29, 0.717) is 18.4 Å². The molecule has 32 heavy (non-hydrogen) atoms. The number of ether oxygens (including phenoxy) is 1. The number of fused-ring (bicyclic) bond motifs is 1. The van der Waals surface area contributed by atoms with Crippen molar-refractivity contribution in [2.24, 2.45) is 0 Å². The molecule has 166 valence electrons. The number of nitrogen functional groups attached to an aromatic ring is 1. The Labute approximate surface area is 186 Å². The Hall–Kier alpha value is -3.52. The first-order chi connectivity index (χ1) is 15.6. The van der Waals surface area contributed by atoms with Gasteiger partial charge in [-0.1, -0.05) is 6.07 Å². The van der Waals surface area contributed by atoms with Crippen LogP contribution < -0.4 is 21.1 Å². The Morgan fingerprint density at radius 2 is 2.06 bits per heavy atom. The van der Waals surface area contributed by atoms with Gasteiger partial charge in [0.15, 0.2) is 0 Å². The van der Waals surface area contributed by atoms with Crippen molar-refractivity contribution in [2.45, 2.75) is 32.4 Å². The zero-order valence-electron chi connectivity index (χ0n) is 18.4. The van der Waals surface area contributed by atoms with Gasteiger partial charge in [0.2, 0.25) is 0 Å². The van der Waals surface area contributed by atoms with Gasteiger partial charge in [0.05, 0.1) is 36.3 Å². The zero-order valence-corrected chi connectivity index (χ0v) is 18.4. The fourth-order valence-corrected chi connectivity index (χ4v) is 4.39. The molecule has 8 heteroatoms. The molecule has 0 saturated carbocycles. The molecule has 0 spiro atoms. The lowest BCUT2D eigenvalue weighted by molar-refractivity contribution is 0.352. The molecule has 1 aliphatic rings. The molecule has 1 aliphatic heterocycles. The van der Waals surface area contributed by atoms with E-state index in [2.05, 4.69) is 20.3 Å². The summed E-state index contributed by atoms with van der Waals surface area (Å²) in [6, 6.07) is 12.3. The highest BCUT2D eigenvalue weighted by molar-refractivity contribution is 6.00. The number of benzene rings is 1. The summed E-state index contributed by atoms with van der Waals surface area (Å²) in [5.41, 5.74) is 10.0. The Morgan fingerprint density at radius 1 is 1.22 bits per heavy atom. The average molecular weight is 433 g/mol. The largest absolute Gasteiger partial charge is 0.495 e. The minimum Gasteiger partial charge on any atom is -0.495 e. The third-order valence-electron chi connectivity index (χ3n) is 6.03. The van der Waals surface area contributed by atoms with Crippen LogP contribution in [0.4, 0.5) is 11.5 Å². The van der Waals surface area contributed by atoms with Gasteiger partial charge in [-0.05, 0) is 63.2 Å². The van der Waals surface area contributed by atoms with E-state index in [1.54, 1.807) is 13.3 Å². The van der Waals surface area contributed by atoms with E-state index in [4.69, 9.17) is 20.0 Å². The number of aromatic nitrogens is 3. The number of pyridine rings is 1. The highest BCUT2D eigenvalue weighted by Crippen LogP contribution is 2.37. The Kier molecular flexibility index (Phi) is 5.45. The van der Waals surface area contributed by atoms with Gasteiger partial charge in [0.1, 0.15) is 28.8 Å². The lowest BCUT2D eigenvalue weighted by Crippen LogP contribution is -2.29. The number of piperidine rings is 1. The maximum atomic E-state index is 6.32. The van der Waals surface area contributed by atoms with Crippen LogP contribution in [0.3, 0.4) is 0 Å². The summed E-state index contributed by atoms with van der Waals surface area (Å²) in [4.78, 5) is 4.34. The van der Waals surface area contributed by atoms with E-state index in [9.17, 15) is 0 Å². The molecule has 1 saturated heterocycles. The minimum absolute atomic E-state index is 0.342. The number of nitrogens with two attached hydrogens (primary N) is 1. The molecule has 5 rings (SSSR count). The maximum absolute atomic E-state index is 6.32. The van der Waals surface area contributed by atoms with Gasteiger partial charge in [-0.15, -0.1) is 0 Å². The van der Waals surface area contributed by atoms with Gasteiger partial charge in [-0.25, -0.2) is 4.98 Å². The van der Waals surface area contributed by atoms with Gasteiger partial charge in [-0.3, -0.25) is 4.68 Å². The quantitative estimate of drug-likeness (QED) is 0.421. The first kappa shape index (κ1) is 20.4. The van der Waals surface area contributed by atoms with Crippen LogP contribution in [-0.2, 0) is 6.54 Å². The molecule has 1 fully saturated rings. The third kappa shape index (κ3) is 3.78. The molecule has 4 aromatic rings. The standard InChI is InChI=1S/C24H28N6O2/c1-15-3-5-18(32-15)14-28-19-6-4-16(13-21(19)31-2)23-22-20(9-12-27-24(22)25)30(29-23)17-7-10-26-11-8-17/h3-6,9,12-13,17,26,28H,7-8,10-11,14H2,1-2H3,(H2,25,27). The van der Waals surface area contributed by atoms with Crippen molar-refractivity contribution in [3.63, 3.8) is 0 Å². The number of anilines is 2. The number of nitrogens with one attached hydrogen (secondary N) is 2. The number of furan rings is 1. The van der Waals surface area contributed by atoms with Gasteiger partial charge in [0, 0.05) is 11.8 Å². The minimum atomic E-state index is 0.342. The zero-order chi connectivity index (χ0) is 22.1. The highest BCUT2D eigenvalue weighted by Gasteiger charge is 2.23. The number of aryl methyl sites for hydroxylation is 1. The Bertz CT molecular complexity index is 1240. The van der Waals surface area contributed by atoms with Crippen LogP contribution in [0.2, 0.25) is 0 Å². The summed E-state index contributed by atoms with van der Waals surface area (Å²) in [6.07, 6.45) is 3.83. The van der Waals surface area contributed by atoms with Crippen LogP contribution in [0.25, 0.3) is 22.2 Å². The molecule has 0 atom stereocenters. The lowest BCUT2D eigenvalue weighted by Gasteiger charge is -2.23. The number of nitrogens with zero attached hydrogens (tertiary/aromatic N) is 3. The van der Waals surface area contributed by atoms with Crippen molar-refractivity contribution in [1.29, 1.82) is 0 Å². The number of hydrogen-bond donors (Lipinski definition) is 3. The molecule has 1 aromatic carbocycles. The molecular formula is C24H28N6O2. The first-order valence-corrected chi connectivity index (χ1v) is 10.9. The van der Waals surface area contributed by atoms with E-state index in [1.807, 2.05) is 43.3 Å². The molecule has 4 heterocycles. The molecule has 0 amide bonds. The highest BCUT2D eigenvalue weighted by atomic mass is 16.5. The molecule has 0 radical (unpaired) electrons. The average Bonchev–Trinajstić information content (AvgIpc) is 3.42. The lowest BCUT2D eigenvalue weighted by atomic mass is 10.1. The Balaban J connectivity index is 1.51. The number of hydrogen-bond acceptors (Lipinski definition) is 7. The molecule has 8 nitrogen and oxygen atoms in total. The van der Waals surface area contributed by atoms with E-state index >= 15 is 0 Å². The third-order valence-corrected chi connectivity index (χ3v) is 6.03. The van der Waals surface area contributed by atoms with Crippen molar-refractivity contribution in [3.8, 4) is 17.0 Å². The predicted octanol–water partition coefficient (Wildman–Crippen LogP) is 4.13. The predicted molar refractivity (Wildman–Crippen MR) is 126 cm³/mol. The van der Waals surface area contributed by atoms with Gasteiger partial charge in [0.25, 0.3) is 0 Å². The summed E-state index contributed by atoms with van der Waals surface area (Å²) in [7, 11) is 1.67. The van der Waals surface area contributed by atoms with E-state index < -0.39 is 0 Å². The molecule has 0 unspecified atom stereocenters. The van der Waals surface area contributed by atoms with Gasteiger partial charge < -0.3 is 25.5 Å². The number of methoxy groups -OCH3 is 1. The van der Waals surface area contributed by atoms with Crippen LogP contribution in [0.1, 0.15) is 30.4 Å². The van der Waals surface area contributed by atoms with Crippen LogP contribution in [-0.4, -0.2) is 35.0 Å². The molecule has 4 N–H and O–H groups in total. The van der Waals surface area contributed by atoms with E-state index in [-0.39, 0.29) is 0 Å². The molecular weight excluding hydrogens is 404 g/mol. The monoisotopic (exact) mass is 432 g/mol. The van der Waals surface area contributed by atoms with Crippen LogP contribution in [0.5, 0.6) is 5.75 Å². The van der Waals surface area contributed by atoms with E-state index in [0.717, 1.165) is 71.0 Å². The SMILES string of the molecule is COc1cc(-c2nn(C3CCNCC3)c3ccnc(N)c23)ccc1NCc1ccc(C)o1. The fraction of sp³-hybridized carbons (Fsp3) is 0.333. The molecule has 0 aliphatic carbocycles. The Morgan fingerprint density at radius 3 is 2.81 bits per heavy atom. The summed E-state index contributed by atoms with van der Waals surface area (Å²) in [5, 5.41) is 12.7. The van der Waals surface area contributed by atoms with Crippen molar-refractivity contribution >= 4 is 22.4 Å². The van der Waals surface area contributed by atoms with Crippen molar-refractivity contribution in [3.05, 3.63) is 54.1 Å². The maximum Gasteiger partial charge on any atom is 0.142 e. The molecule has 0 bridgehead atoms. The topological polar surface area (TPSA) is 103 Å². The summed E-state index contributed by atoms with van der Waals surface area (Å²) in [6.45, 7) is 4.50. The second kappa shape index (κ2) is 8.55. The van der Waals surface area contributed by atoms with Gasteiger partial charge >= 0.3 is 0 Å². The number of rotatable bonds is 6. The molecule has 3 aromatic heterocycles. The van der Waals surface area contributed by atoms with Crippen molar-refractivity contribution in [1.82, 2.24) is 20.1 Å². The van der Waals surface area contributed by atoms with Crippen molar-refractivity contribution < 1.29 is 9.15 Å².